The summed E-state index contributed by atoms with van der Waals surface area (Å²) >= 11 is 5.44. The van der Waals surface area contributed by atoms with Crippen molar-refractivity contribution in [1.82, 2.24) is 10.2 Å². The second-order valence-corrected chi connectivity index (χ2v) is 2.88. The van der Waals surface area contributed by atoms with Gasteiger partial charge in [0.1, 0.15) is 5.82 Å². The Morgan fingerprint density at radius 3 is 2.27 bits per heavy atom. The van der Waals surface area contributed by atoms with Crippen molar-refractivity contribution < 1.29 is 19.8 Å². The highest BCUT2D eigenvalue weighted by molar-refractivity contribution is 6.29. The van der Waals surface area contributed by atoms with Gasteiger partial charge in [-0.1, -0.05) is 11.6 Å². The van der Waals surface area contributed by atoms with Crippen molar-refractivity contribution in [3.8, 4) is 0 Å². The monoisotopic (exact) mass is 231 g/mol. The van der Waals surface area contributed by atoms with Crippen LogP contribution >= 0.6 is 11.6 Å². The topological polar surface area (TPSA) is 112 Å². The second-order valence-electron chi connectivity index (χ2n) is 2.50. The molecule has 0 bridgehead atoms. The molecule has 1 aromatic heterocycles. The molecule has 0 atom stereocenters. The van der Waals surface area contributed by atoms with Crippen molar-refractivity contribution in [3.05, 3.63) is 17.3 Å². The molecule has 0 aliphatic rings. The van der Waals surface area contributed by atoms with Crippen LogP contribution in [-0.4, -0.2) is 38.4 Å². The molecule has 0 saturated carbocycles. The Balaban J connectivity index is 2.79. The van der Waals surface area contributed by atoms with Crippen molar-refractivity contribution in [1.29, 1.82) is 0 Å². The highest BCUT2D eigenvalue weighted by Crippen LogP contribution is 2.07. The Labute approximate surface area is 88.7 Å². The van der Waals surface area contributed by atoms with Gasteiger partial charge >= 0.3 is 11.9 Å². The standard InChI is InChI=1S/C7H6ClN3O4/c8-3-1-2-4(11-10-3)9-5(6(12)13)7(14)15/h1-2,5H,(H,9,11)(H,12,13)(H,14,15). The van der Waals surface area contributed by atoms with Crippen LogP contribution in [0.3, 0.4) is 0 Å². The molecular formula is C7H6ClN3O4. The predicted molar refractivity (Wildman–Crippen MR) is 49.7 cm³/mol. The van der Waals surface area contributed by atoms with E-state index in [-0.39, 0.29) is 11.0 Å². The van der Waals surface area contributed by atoms with E-state index < -0.39 is 18.0 Å². The lowest BCUT2D eigenvalue weighted by Crippen LogP contribution is -2.37. The molecule has 1 aromatic rings. The molecule has 1 rings (SSSR count). The van der Waals surface area contributed by atoms with E-state index in [0.717, 1.165) is 0 Å². The third-order valence-electron chi connectivity index (χ3n) is 1.42. The van der Waals surface area contributed by atoms with Crippen LogP contribution in [0.15, 0.2) is 12.1 Å². The molecule has 0 aliphatic heterocycles. The average Bonchev–Trinajstić information content (AvgIpc) is 2.15. The number of hydrogen-bond donors (Lipinski definition) is 3. The third kappa shape index (κ3) is 3.06. The van der Waals surface area contributed by atoms with E-state index in [4.69, 9.17) is 21.8 Å². The number of aromatic nitrogens is 2. The molecule has 80 valence electrons. The molecule has 7 nitrogen and oxygen atoms in total. The number of halogens is 1. The number of nitrogens with zero attached hydrogens (tertiary/aromatic N) is 2. The first-order valence-corrected chi connectivity index (χ1v) is 4.10. The van der Waals surface area contributed by atoms with E-state index in [1.165, 1.54) is 12.1 Å². The molecule has 0 unspecified atom stereocenters. The van der Waals surface area contributed by atoms with Gasteiger partial charge in [0.25, 0.3) is 0 Å². The highest BCUT2D eigenvalue weighted by atomic mass is 35.5. The first kappa shape index (κ1) is 11.2. The van der Waals surface area contributed by atoms with Crippen LogP contribution in [0.2, 0.25) is 5.15 Å². The normalized spacial score (nSPS) is 10.0. The Morgan fingerprint density at radius 1 is 1.27 bits per heavy atom. The number of nitrogens with one attached hydrogen (secondary N) is 1. The Morgan fingerprint density at radius 2 is 1.87 bits per heavy atom. The average molecular weight is 232 g/mol. The minimum absolute atomic E-state index is 0.0224. The third-order valence-corrected chi connectivity index (χ3v) is 1.62. The molecule has 0 spiro atoms. The zero-order valence-corrected chi connectivity index (χ0v) is 7.97. The van der Waals surface area contributed by atoms with Crippen molar-refractivity contribution in [2.45, 2.75) is 6.04 Å². The lowest BCUT2D eigenvalue weighted by atomic mass is 10.3. The van der Waals surface area contributed by atoms with Crippen molar-refractivity contribution in [3.63, 3.8) is 0 Å². The van der Waals surface area contributed by atoms with Crippen LogP contribution < -0.4 is 5.32 Å². The van der Waals surface area contributed by atoms with Crippen LogP contribution in [0.4, 0.5) is 5.82 Å². The first-order valence-electron chi connectivity index (χ1n) is 3.72. The molecule has 0 radical (unpaired) electrons. The molecule has 0 amide bonds. The van der Waals surface area contributed by atoms with Gasteiger partial charge in [-0.05, 0) is 12.1 Å². The number of aliphatic carboxylic acids is 2. The van der Waals surface area contributed by atoms with Crippen molar-refractivity contribution in [2.75, 3.05) is 5.32 Å². The zero-order chi connectivity index (χ0) is 11.4. The summed E-state index contributed by atoms with van der Waals surface area (Å²) in [6.45, 7) is 0. The quantitative estimate of drug-likeness (QED) is 0.629. The molecule has 15 heavy (non-hydrogen) atoms. The van der Waals surface area contributed by atoms with E-state index in [1.807, 2.05) is 0 Å². The number of carbonyl (C=O) groups is 2. The van der Waals surface area contributed by atoms with Crippen LogP contribution in [0.1, 0.15) is 0 Å². The fraction of sp³-hybridized carbons (Fsp3) is 0.143. The number of rotatable bonds is 4. The largest absolute Gasteiger partial charge is 0.479 e. The lowest BCUT2D eigenvalue weighted by Gasteiger charge is -2.09. The van der Waals surface area contributed by atoms with Crippen LogP contribution in [0, 0.1) is 0 Å². The summed E-state index contributed by atoms with van der Waals surface area (Å²) < 4.78 is 0. The van der Waals surface area contributed by atoms with E-state index in [9.17, 15) is 9.59 Å². The molecule has 0 fully saturated rings. The van der Waals surface area contributed by atoms with Gasteiger partial charge in [-0.25, -0.2) is 9.59 Å². The highest BCUT2D eigenvalue weighted by Gasteiger charge is 2.25. The Kier molecular flexibility index (Phi) is 3.40. The SMILES string of the molecule is O=C(O)C(Nc1ccc(Cl)nn1)C(=O)O. The van der Waals surface area contributed by atoms with Gasteiger partial charge < -0.3 is 15.5 Å². The second kappa shape index (κ2) is 4.56. The fourth-order valence-corrected chi connectivity index (χ4v) is 0.871. The lowest BCUT2D eigenvalue weighted by molar-refractivity contribution is -0.148. The minimum Gasteiger partial charge on any atom is -0.479 e. The summed E-state index contributed by atoms with van der Waals surface area (Å²) in [5, 5.41) is 26.3. The number of carboxylic acids is 2. The summed E-state index contributed by atoms with van der Waals surface area (Å²) in [5.74, 6) is -3.01. The smallest absolute Gasteiger partial charge is 0.337 e. The van der Waals surface area contributed by atoms with E-state index >= 15 is 0 Å². The van der Waals surface area contributed by atoms with Crippen molar-refractivity contribution in [2.24, 2.45) is 0 Å². The maximum atomic E-state index is 10.5. The molecule has 1 heterocycles. The van der Waals surface area contributed by atoms with E-state index in [0.29, 0.717) is 0 Å². The first-order chi connectivity index (χ1) is 7.00. The van der Waals surface area contributed by atoms with E-state index in [2.05, 4.69) is 15.5 Å². The molecule has 0 aliphatic carbocycles. The van der Waals surface area contributed by atoms with Crippen LogP contribution in [0.5, 0.6) is 0 Å². The molecule has 0 aromatic carbocycles. The fourth-order valence-electron chi connectivity index (χ4n) is 0.770. The zero-order valence-electron chi connectivity index (χ0n) is 7.22. The molecule has 8 heteroatoms. The summed E-state index contributed by atoms with van der Waals surface area (Å²) in [7, 11) is 0. The summed E-state index contributed by atoms with van der Waals surface area (Å²) in [6, 6.07) is 0.923. The minimum atomic E-state index is -1.76. The van der Waals surface area contributed by atoms with Gasteiger partial charge in [-0.3, -0.25) is 0 Å². The number of carboxylic acid groups (broad SMARTS) is 2. The Bertz CT molecular complexity index is 366. The summed E-state index contributed by atoms with van der Waals surface area (Å²) in [5.41, 5.74) is 0. The van der Waals surface area contributed by atoms with Gasteiger partial charge in [0.05, 0.1) is 0 Å². The number of hydrogen-bond acceptors (Lipinski definition) is 5. The van der Waals surface area contributed by atoms with Crippen LogP contribution in [0.25, 0.3) is 0 Å². The van der Waals surface area contributed by atoms with Crippen LogP contribution in [-0.2, 0) is 9.59 Å². The Hall–Kier alpha value is -1.89. The number of anilines is 1. The molecular weight excluding hydrogens is 226 g/mol. The maximum absolute atomic E-state index is 10.5. The van der Waals surface area contributed by atoms with Gasteiger partial charge in [-0.15, -0.1) is 10.2 Å². The van der Waals surface area contributed by atoms with Crippen molar-refractivity contribution >= 4 is 29.4 Å². The summed E-state index contributed by atoms with van der Waals surface area (Å²) in [6.07, 6.45) is 0. The van der Waals surface area contributed by atoms with Gasteiger partial charge in [0.2, 0.25) is 6.04 Å². The van der Waals surface area contributed by atoms with E-state index in [1.54, 1.807) is 0 Å². The van der Waals surface area contributed by atoms with Gasteiger partial charge in [-0.2, -0.15) is 0 Å². The predicted octanol–water partition coefficient (Wildman–Crippen LogP) is 0.0797. The molecule has 3 N–H and O–H groups in total. The summed E-state index contributed by atoms with van der Waals surface area (Å²) in [4.78, 5) is 21.0. The van der Waals surface area contributed by atoms with Gasteiger partial charge in [0.15, 0.2) is 5.15 Å². The van der Waals surface area contributed by atoms with Gasteiger partial charge in [0, 0.05) is 0 Å². The molecule has 0 saturated heterocycles. The maximum Gasteiger partial charge on any atom is 0.337 e.